The number of nitrogens with one attached hydrogen (secondary N) is 1. The first-order valence-corrected chi connectivity index (χ1v) is 6.91. The number of hydrogen-bond donors (Lipinski definition) is 1. The van der Waals surface area contributed by atoms with Crippen LogP contribution in [0.5, 0.6) is 0 Å². The van der Waals surface area contributed by atoms with Gasteiger partial charge in [-0.3, -0.25) is 9.59 Å². The van der Waals surface area contributed by atoms with E-state index < -0.39 is 15.9 Å². The lowest BCUT2D eigenvalue weighted by Crippen LogP contribution is -2.43. The quantitative estimate of drug-likeness (QED) is 0.746. The topological polar surface area (TPSA) is 87.4 Å². The number of carbonyl (C=O) groups is 2. The summed E-state index contributed by atoms with van der Waals surface area (Å²) in [6.45, 7) is 2.43. The predicted molar refractivity (Wildman–Crippen MR) is 67.7 cm³/mol. The summed E-state index contributed by atoms with van der Waals surface area (Å²) in [6, 6.07) is 3.11. The van der Waals surface area contributed by atoms with Gasteiger partial charge in [0.1, 0.15) is 12.7 Å². The molecule has 1 heterocycles. The molecule has 0 aliphatic rings. The maximum absolute atomic E-state index is 12.1. The van der Waals surface area contributed by atoms with E-state index in [-0.39, 0.29) is 16.6 Å². The lowest BCUT2D eigenvalue weighted by Gasteiger charge is -2.16. The van der Waals surface area contributed by atoms with Crippen LogP contribution >= 0.6 is 0 Å². The molecule has 1 aromatic heterocycles. The van der Waals surface area contributed by atoms with Crippen molar-refractivity contribution in [2.75, 3.05) is 11.9 Å². The fourth-order valence-corrected chi connectivity index (χ4v) is 2.97. The minimum atomic E-state index is -4.03. The van der Waals surface area contributed by atoms with Crippen molar-refractivity contribution in [3.8, 4) is 0 Å². The van der Waals surface area contributed by atoms with Crippen LogP contribution < -0.4 is 14.2 Å². The van der Waals surface area contributed by atoms with E-state index in [0.717, 1.165) is 6.92 Å². The van der Waals surface area contributed by atoms with E-state index >= 15 is 0 Å². The molecule has 0 unspecified atom stereocenters. The van der Waals surface area contributed by atoms with Crippen LogP contribution in [0.4, 0.5) is 5.69 Å². The lowest BCUT2D eigenvalue weighted by atomic mass is 10.3. The Morgan fingerprint density at radius 2 is 1.89 bits per heavy atom. The Kier molecular flexibility index (Phi) is 4.25. The van der Waals surface area contributed by atoms with Gasteiger partial charge in [-0.05, 0) is 6.07 Å². The van der Waals surface area contributed by atoms with Gasteiger partial charge in [0.2, 0.25) is 11.8 Å². The van der Waals surface area contributed by atoms with Crippen LogP contribution in [0.3, 0.4) is 0 Å². The summed E-state index contributed by atoms with van der Waals surface area (Å²) in [5.74, 6) is -1.01. The molecular weight excluding hydrogens is 270 g/mol. The van der Waals surface area contributed by atoms with Gasteiger partial charge in [0.05, 0.1) is 0 Å². The molecule has 0 bridgehead atoms. The molecule has 8 heteroatoms. The molecule has 104 valence electrons. The third-order valence-corrected chi connectivity index (χ3v) is 4.03. The Hall–Kier alpha value is -1.96. The minimum Gasteiger partial charge on any atom is -0.309 e. The highest BCUT2D eigenvalue weighted by molar-refractivity contribution is 7.90. The molecule has 0 spiro atoms. The summed E-state index contributed by atoms with van der Waals surface area (Å²) < 4.78 is 27.5. The molecule has 0 saturated carbocycles. The number of aromatic nitrogens is 1. The second-order valence-electron chi connectivity index (χ2n) is 4.05. The van der Waals surface area contributed by atoms with Crippen molar-refractivity contribution >= 4 is 27.5 Å². The van der Waals surface area contributed by atoms with Gasteiger partial charge in [0, 0.05) is 27.0 Å². The van der Waals surface area contributed by atoms with Crippen molar-refractivity contribution in [1.82, 2.24) is 4.72 Å². The summed E-state index contributed by atoms with van der Waals surface area (Å²) in [4.78, 5) is 23.6. The maximum Gasteiger partial charge on any atom is 0.341 e. The minimum absolute atomic E-state index is 0.150. The van der Waals surface area contributed by atoms with Gasteiger partial charge >= 0.3 is 15.0 Å². The standard InChI is InChI=1S/C11H15N3O4S/c1-8(15)12-19(17,18)11-10(14(4)9(2)16)6-5-7-13(11)3/h5-7H,1-4H3/p+1. The zero-order valence-corrected chi connectivity index (χ0v) is 12.0. The summed E-state index contributed by atoms with van der Waals surface area (Å²) in [6.07, 6.45) is 1.52. The van der Waals surface area contributed by atoms with E-state index in [1.165, 1.54) is 42.7 Å². The Morgan fingerprint density at radius 3 is 2.37 bits per heavy atom. The first kappa shape index (κ1) is 15.1. The summed E-state index contributed by atoms with van der Waals surface area (Å²) in [7, 11) is -1.05. The molecule has 1 rings (SSSR count). The van der Waals surface area contributed by atoms with E-state index in [4.69, 9.17) is 0 Å². The lowest BCUT2D eigenvalue weighted by molar-refractivity contribution is -0.708. The van der Waals surface area contributed by atoms with Crippen LogP contribution in [0.15, 0.2) is 23.4 Å². The molecule has 0 saturated heterocycles. The number of amides is 2. The van der Waals surface area contributed by atoms with Gasteiger partial charge in [0.25, 0.3) is 0 Å². The number of pyridine rings is 1. The molecule has 0 radical (unpaired) electrons. The molecule has 1 aromatic rings. The van der Waals surface area contributed by atoms with Crippen molar-refractivity contribution < 1.29 is 22.6 Å². The Morgan fingerprint density at radius 1 is 1.32 bits per heavy atom. The second kappa shape index (κ2) is 5.35. The van der Waals surface area contributed by atoms with Gasteiger partial charge < -0.3 is 4.90 Å². The highest BCUT2D eigenvalue weighted by Gasteiger charge is 2.32. The average molecular weight is 286 g/mol. The third-order valence-electron chi connectivity index (χ3n) is 2.47. The molecule has 0 aliphatic carbocycles. The first-order valence-electron chi connectivity index (χ1n) is 5.43. The Labute approximate surface area is 111 Å². The van der Waals surface area contributed by atoms with E-state index in [1.807, 2.05) is 4.72 Å². The fourth-order valence-electron chi connectivity index (χ4n) is 1.57. The predicted octanol–water partition coefficient (Wildman–Crippen LogP) is -0.681. The van der Waals surface area contributed by atoms with Crippen LogP contribution in [-0.2, 0) is 26.7 Å². The van der Waals surface area contributed by atoms with Crippen molar-refractivity contribution in [3.05, 3.63) is 18.3 Å². The van der Waals surface area contributed by atoms with E-state index in [2.05, 4.69) is 0 Å². The van der Waals surface area contributed by atoms with Crippen LogP contribution in [0, 0.1) is 0 Å². The molecule has 0 aromatic carbocycles. The molecule has 19 heavy (non-hydrogen) atoms. The van der Waals surface area contributed by atoms with Crippen LogP contribution in [0.1, 0.15) is 13.8 Å². The number of aryl methyl sites for hydroxylation is 1. The largest absolute Gasteiger partial charge is 0.341 e. The molecular formula is C11H16N3O4S+. The number of sulfonamides is 1. The second-order valence-corrected chi connectivity index (χ2v) is 5.65. The van der Waals surface area contributed by atoms with Gasteiger partial charge in [-0.1, -0.05) is 0 Å². The third kappa shape index (κ3) is 3.28. The summed E-state index contributed by atoms with van der Waals surface area (Å²) in [5, 5.41) is -0.150. The number of anilines is 1. The highest BCUT2D eigenvalue weighted by atomic mass is 32.2. The van der Waals surface area contributed by atoms with Crippen molar-refractivity contribution in [1.29, 1.82) is 0 Å². The number of hydrogen-bond acceptors (Lipinski definition) is 4. The van der Waals surface area contributed by atoms with Gasteiger partial charge in [-0.25, -0.2) is 4.72 Å². The summed E-state index contributed by atoms with van der Waals surface area (Å²) >= 11 is 0. The van der Waals surface area contributed by atoms with E-state index in [1.54, 1.807) is 6.07 Å². The smallest absolute Gasteiger partial charge is 0.309 e. The monoisotopic (exact) mass is 286 g/mol. The number of carbonyl (C=O) groups excluding carboxylic acids is 2. The Balaban J connectivity index is 3.50. The molecule has 1 N–H and O–H groups in total. The normalized spacial score (nSPS) is 10.9. The first-order chi connectivity index (χ1) is 8.66. The fraction of sp³-hybridized carbons (Fsp3) is 0.364. The van der Waals surface area contributed by atoms with E-state index in [0.29, 0.717) is 0 Å². The van der Waals surface area contributed by atoms with Crippen molar-refractivity contribution in [3.63, 3.8) is 0 Å². The van der Waals surface area contributed by atoms with Gasteiger partial charge in [-0.2, -0.15) is 13.0 Å². The average Bonchev–Trinajstić information content (AvgIpc) is 2.25. The van der Waals surface area contributed by atoms with Crippen LogP contribution in [-0.4, -0.2) is 27.3 Å². The zero-order valence-electron chi connectivity index (χ0n) is 11.2. The van der Waals surface area contributed by atoms with Crippen LogP contribution in [0.25, 0.3) is 0 Å². The summed E-state index contributed by atoms with van der Waals surface area (Å²) in [5.41, 5.74) is 0.200. The molecule has 0 fully saturated rings. The maximum atomic E-state index is 12.1. The highest BCUT2D eigenvalue weighted by Crippen LogP contribution is 2.20. The Bertz CT molecular complexity index is 625. The molecule has 0 aliphatic heterocycles. The van der Waals surface area contributed by atoms with Gasteiger partial charge in [-0.15, -0.1) is 0 Å². The number of nitrogens with zero attached hydrogens (tertiary/aromatic N) is 2. The molecule has 2 amide bonds. The van der Waals surface area contributed by atoms with Crippen molar-refractivity contribution in [2.45, 2.75) is 18.9 Å². The SMILES string of the molecule is CC(=O)NS(=O)(=O)c1c(N(C)C(C)=O)ccc[n+]1C. The molecule has 0 atom stereocenters. The number of rotatable bonds is 3. The van der Waals surface area contributed by atoms with Crippen molar-refractivity contribution in [2.24, 2.45) is 7.05 Å². The van der Waals surface area contributed by atoms with Crippen LogP contribution in [0.2, 0.25) is 0 Å². The zero-order chi connectivity index (χ0) is 14.8. The molecule has 7 nitrogen and oxygen atoms in total. The van der Waals surface area contributed by atoms with Gasteiger partial charge in [0.15, 0.2) is 6.20 Å². The van der Waals surface area contributed by atoms with E-state index in [9.17, 15) is 18.0 Å².